The Labute approximate surface area is 162 Å². The van der Waals surface area contributed by atoms with Gasteiger partial charge in [0, 0.05) is 32.2 Å². The first-order valence-corrected chi connectivity index (χ1v) is 8.58. The van der Waals surface area contributed by atoms with E-state index in [-0.39, 0.29) is 11.1 Å². The Morgan fingerprint density at radius 2 is 1.86 bits per heavy atom. The number of ether oxygens (including phenoxy) is 2. The molecule has 0 saturated carbocycles. The summed E-state index contributed by atoms with van der Waals surface area (Å²) in [7, 11) is 6.61. The maximum absolute atomic E-state index is 13.0. The van der Waals surface area contributed by atoms with E-state index < -0.39 is 5.97 Å². The van der Waals surface area contributed by atoms with E-state index in [2.05, 4.69) is 4.98 Å². The van der Waals surface area contributed by atoms with E-state index in [1.54, 1.807) is 55.9 Å². The van der Waals surface area contributed by atoms with Gasteiger partial charge in [0.05, 0.1) is 36.4 Å². The number of esters is 1. The fraction of sp³-hybridized carbons (Fsp3) is 0.190. The zero-order valence-electron chi connectivity index (χ0n) is 16.2. The molecule has 0 aliphatic carbocycles. The van der Waals surface area contributed by atoms with E-state index in [0.717, 1.165) is 0 Å². The number of carbonyl (C=O) groups excluding carboxylic acids is 1. The normalized spacial score (nSPS) is 11.0. The SMILES string of the molecule is COC(=O)c1cc2c(=O)n(-c3ccc(OC)cc3)ccc2nc1/C=C/N(C)C. The van der Waals surface area contributed by atoms with Gasteiger partial charge in [0.15, 0.2) is 0 Å². The molecule has 0 unspecified atom stereocenters. The Balaban J connectivity index is 2.19. The molecule has 1 aromatic carbocycles. The summed E-state index contributed by atoms with van der Waals surface area (Å²) in [5.41, 5.74) is 1.58. The zero-order chi connectivity index (χ0) is 20.3. The zero-order valence-corrected chi connectivity index (χ0v) is 16.2. The molecule has 3 aromatic rings. The lowest BCUT2D eigenvalue weighted by Crippen LogP contribution is -2.19. The Kier molecular flexibility index (Phi) is 5.44. The molecular weight excluding hydrogens is 358 g/mol. The van der Waals surface area contributed by atoms with Crippen LogP contribution in [0.2, 0.25) is 0 Å². The fourth-order valence-electron chi connectivity index (χ4n) is 2.75. The van der Waals surface area contributed by atoms with Crippen molar-refractivity contribution in [1.29, 1.82) is 0 Å². The van der Waals surface area contributed by atoms with Gasteiger partial charge < -0.3 is 14.4 Å². The van der Waals surface area contributed by atoms with Crippen molar-refractivity contribution in [3.63, 3.8) is 0 Å². The molecule has 0 atom stereocenters. The monoisotopic (exact) mass is 379 g/mol. The number of benzene rings is 1. The number of hydrogen-bond acceptors (Lipinski definition) is 6. The lowest BCUT2D eigenvalue weighted by Gasteiger charge is -2.11. The maximum atomic E-state index is 13.0. The molecular formula is C21H21N3O4. The molecule has 0 N–H and O–H groups in total. The van der Waals surface area contributed by atoms with Gasteiger partial charge in [0.2, 0.25) is 0 Å². The predicted octanol–water partition coefficient (Wildman–Crippen LogP) is 2.71. The highest BCUT2D eigenvalue weighted by Gasteiger charge is 2.16. The first-order chi connectivity index (χ1) is 13.4. The van der Waals surface area contributed by atoms with Crippen LogP contribution in [0.5, 0.6) is 5.75 Å². The maximum Gasteiger partial charge on any atom is 0.340 e. The molecule has 7 nitrogen and oxygen atoms in total. The Morgan fingerprint density at radius 3 is 2.46 bits per heavy atom. The summed E-state index contributed by atoms with van der Waals surface area (Å²) in [4.78, 5) is 31.6. The van der Waals surface area contributed by atoms with Gasteiger partial charge in [0.25, 0.3) is 5.56 Å². The molecule has 3 rings (SSSR count). The highest BCUT2D eigenvalue weighted by atomic mass is 16.5. The van der Waals surface area contributed by atoms with Crippen molar-refractivity contribution in [2.24, 2.45) is 0 Å². The standard InChI is InChI=1S/C21H21N3O4/c1-23(2)11-9-19-17(21(26)28-4)13-16-18(22-19)10-12-24(20(16)25)14-5-7-15(27-3)8-6-14/h5-13H,1-4H3/b11-9+. The quantitative estimate of drug-likeness (QED) is 0.635. The van der Waals surface area contributed by atoms with Gasteiger partial charge in [-0.1, -0.05) is 0 Å². The predicted molar refractivity (Wildman–Crippen MR) is 108 cm³/mol. The third kappa shape index (κ3) is 3.73. The van der Waals surface area contributed by atoms with E-state index in [4.69, 9.17) is 9.47 Å². The summed E-state index contributed by atoms with van der Waals surface area (Å²) >= 11 is 0. The molecule has 0 fully saturated rings. The van der Waals surface area contributed by atoms with Crippen molar-refractivity contribution in [3.8, 4) is 11.4 Å². The Hall–Kier alpha value is -3.61. The van der Waals surface area contributed by atoms with Gasteiger partial charge in [0.1, 0.15) is 5.75 Å². The van der Waals surface area contributed by atoms with Crippen LogP contribution in [0.1, 0.15) is 16.1 Å². The van der Waals surface area contributed by atoms with Crippen molar-refractivity contribution < 1.29 is 14.3 Å². The molecule has 0 saturated heterocycles. The highest BCUT2D eigenvalue weighted by Crippen LogP contribution is 2.19. The lowest BCUT2D eigenvalue weighted by molar-refractivity contribution is 0.0600. The van der Waals surface area contributed by atoms with Crippen LogP contribution in [0.15, 0.2) is 53.6 Å². The average Bonchev–Trinajstić information content (AvgIpc) is 2.71. The molecule has 144 valence electrons. The number of methoxy groups -OCH3 is 2. The van der Waals surface area contributed by atoms with Crippen molar-refractivity contribution in [2.45, 2.75) is 0 Å². The van der Waals surface area contributed by atoms with Crippen LogP contribution in [0.4, 0.5) is 0 Å². The topological polar surface area (TPSA) is 73.7 Å². The third-order valence-corrected chi connectivity index (χ3v) is 4.20. The summed E-state index contributed by atoms with van der Waals surface area (Å²) in [6.45, 7) is 0. The molecule has 2 heterocycles. The first kappa shape index (κ1) is 19.2. The molecule has 0 spiro atoms. The first-order valence-electron chi connectivity index (χ1n) is 8.58. The van der Waals surface area contributed by atoms with E-state index >= 15 is 0 Å². The minimum Gasteiger partial charge on any atom is -0.497 e. The molecule has 0 radical (unpaired) electrons. The molecule has 0 aliphatic rings. The number of rotatable bonds is 5. The molecule has 0 bridgehead atoms. The molecule has 7 heteroatoms. The fourth-order valence-corrected chi connectivity index (χ4v) is 2.75. The number of aromatic nitrogens is 2. The largest absolute Gasteiger partial charge is 0.497 e. The number of pyridine rings is 2. The molecule has 0 aliphatic heterocycles. The number of fused-ring (bicyclic) bond motifs is 1. The van der Waals surface area contributed by atoms with Crippen LogP contribution in [0, 0.1) is 0 Å². The van der Waals surface area contributed by atoms with Crippen molar-refractivity contribution >= 4 is 22.9 Å². The second kappa shape index (κ2) is 7.96. The van der Waals surface area contributed by atoms with E-state index in [9.17, 15) is 9.59 Å². The average molecular weight is 379 g/mol. The van der Waals surface area contributed by atoms with Crippen LogP contribution < -0.4 is 10.3 Å². The Morgan fingerprint density at radius 1 is 1.14 bits per heavy atom. The minimum absolute atomic E-state index is 0.234. The summed E-state index contributed by atoms with van der Waals surface area (Å²) < 4.78 is 11.5. The van der Waals surface area contributed by atoms with Gasteiger partial charge in [-0.25, -0.2) is 9.78 Å². The third-order valence-electron chi connectivity index (χ3n) is 4.20. The Bertz CT molecular complexity index is 1100. The van der Waals surface area contributed by atoms with Crippen molar-refractivity contribution in [1.82, 2.24) is 14.5 Å². The highest BCUT2D eigenvalue weighted by molar-refractivity contribution is 5.97. The summed E-state index contributed by atoms with van der Waals surface area (Å²) in [5.74, 6) is 0.150. The minimum atomic E-state index is -0.549. The lowest BCUT2D eigenvalue weighted by atomic mass is 10.1. The van der Waals surface area contributed by atoms with E-state index in [1.165, 1.54) is 17.7 Å². The van der Waals surface area contributed by atoms with Crippen LogP contribution >= 0.6 is 0 Å². The van der Waals surface area contributed by atoms with Gasteiger partial charge in [-0.3, -0.25) is 9.36 Å². The van der Waals surface area contributed by atoms with E-state index in [0.29, 0.717) is 28.0 Å². The van der Waals surface area contributed by atoms with Crippen LogP contribution in [-0.2, 0) is 4.74 Å². The summed E-state index contributed by atoms with van der Waals surface area (Å²) in [6.07, 6.45) is 5.15. The van der Waals surface area contributed by atoms with Gasteiger partial charge in [-0.2, -0.15) is 0 Å². The number of nitrogens with zero attached hydrogens (tertiary/aromatic N) is 3. The summed E-state index contributed by atoms with van der Waals surface area (Å²) in [6, 6.07) is 10.4. The second-order valence-corrected chi connectivity index (χ2v) is 6.31. The molecule has 28 heavy (non-hydrogen) atoms. The van der Waals surface area contributed by atoms with E-state index in [1.807, 2.05) is 19.0 Å². The van der Waals surface area contributed by atoms with Gasteiger partial charge >= 0.3 is 5.97 Å². The van der Waals surface area contributed by atoms with Crippen LogP contribution in [0.25, 0.3) is 22.7 Å². The van der Waals surface area contributed by atoms with Gasteiger partial charge in [-0.05, 0) is 42.5 Å². The van der Waals surface area contributed by atoms with Crippen molar-refractivity contribution in [2.75, 3.05) is 28.3 Å². The molecule has 2 aromatic heterocycles. The van der Waals surface area contributed by atoms with Crippen LogP contribution in [-0.4, -0.2) is 48.7 Å². The van der Waals surface area contributed by atoms with Gasteiger partial charge in [-0.15, -0.1) is 0 Å². The van der Waals surface area contributed by atoms with Crippen LogP contribution in [0.3, 0.4) is 0 Å². The number of carbonyl (C=O) groups is 1. The summed E-state index contributed by atoms with van der Waals surface area (Å²) in [5, 5.41) is 0.334. The smallest absolute Gasteiger partial charge is 0.340 e. The number of hydrogen-bond donors (Lipinski definition) is 0. The second-order valence-electron chi connectivity index (χ2n) is 6.31. The molecule has 0 amide bonds. The van der Waals surface area contributed by atoms with Crippen molar-refractivity contribution in [3.05, 3.63) is 70.4 Å².